The summed E-state index contributed by atoms with van der Waals surface area (Å²) in [6.07, 6.45) is -8.76. The summed E-state index contributed by atoms with van der Waals surface area (Å²) in [6.45, 7) is 3.08. The molecule has 1 heterocycles. The van der Waals surface area contributed by atoms with Gasteiger partial charge in [-0.3, -0.25) is 4.79 Å². The standard InChI is InChI=1S/C16H16F5N3O3/c1-7(2)24-11-4-3-8(5-9(11)23-15(24)16(19,20)21)13(25)22-10(14(26)27)6-12(17)18/h3-5,7,10,12H,6H2,1-2H3,(H,22,25)(H,26,27). The van der Waals surface area contributed by atoms with Gasteiger partial charge in [0.25, 0.3) is 5.91 Å². The number of benzene rings is 1. The molecule has 2 rings (SSSR count). The van der Waals surface area contributed by atoms with Gasteiger partial charge in [0, 0.05) is 18.0 Å². The summed E-state index contributed by atoms with van der Waals surface area (Å²) in [5, 5.41) is 10.8. The fourth-order valence-electron chi connectivity index (χ4n) is 2.60. The molecule has 0 aliphatic rings. The van der Waals surface area contributed by atoms with Gasteiger partial charge in [-0.15, -0.1) is 0 Å². The first-order chi connectivity index (χ1) is 12.4. The number of carbonyl (C=O) groups is 2. The quantitative estimate of drug-likeness (QED) is 0.736. The molecular weight excluding hydrogens is 377 g/mol. The summed E-state index contributed by atoms with van der Waals surface area (Å²) >= 11 is 0. The molecule has 0 saturated heterocycles. The highest BCUT2D eigenvalue weighted by Gasteiger charge is 2.38. The van der Waals surface area contributed by atoms with Crippen molar-refractivity contribution in [3.63, 3.8) is 0 Å². The minimum atomic E-state index is -4.71. The van der Waals surface area contributed by atoms with E-state index in [1.807, 2.05) is 5.32 Å². The Kier molecular flexibility index (Phi) is 5.71. The number of rotatable bonds is 6. The Morgan fingerprint density at radius 1 is 1.26 bits per heavy atom. The molecule has 27 heavy (non-hydrogen) atoms. The molecule has 0 fully saturated rings. The monoisotopic (exact) mass is 393 g/mol. The zero-order chi connectivity index (χ0) is 20.5. The van der Waals surface area contributed by atoms with E-state index in [1.165, 1.54) is 12.1 Å². The number of carboxylic acids is 1. The van der Waals surface area contributed by atoms with Crippen molar-refractivity contribution in [3.8, 4) is 0 Å². The third kappa shape index (κ3) is 4.52. The van der Waals surface area contributed by atoms with Crippen LogP contribution in [0.25, 0.3) is 11.0 Å². The molecule has 0 saturated carbocycles. The van der Waals surface area contributed by atoms with Gasteiger partial charge in [0.1, 0.15) is 6.04 Å². The van der Waals surface area contributed by atoms with Crippen molar-refractivity contribution in [3.05, 3.63) is 29.6 Å². The second kappa shape index (κ2) is 7.49. The molecule has 1 unspecified atom stereocenters. The highest BCUT2D eigenvalue weighted by molar-refractivity contribution is 5.99. The molecule has 148 valence electrons. The fourth-order valence-corrected chi connectivity index (χ4v) is 2.60. The number of fused-ring (bicyclic) bond motifs is 1. The molecule has 6 nitrogen and oxygen atoms in total. The van der Waals surface area contributed by atoms with Crippen LogP contribution in [0.4, 0.5) is 22.0 Å². The lowest BCUT2D eigenvalue weighted by atomic mass is 10.1. The molecule has 1 aromatic carbocycles. The van der Waals surface area contributed by atoms with E-state index >= 15 is 0 Å². The van der Waals surface area contributed by atoms with E-state index in [2.05, 4.69) is 4.98 Å². The zero-order valence-electron chi connectivity index (χ0n) is 14.2. The van der Waals surface area contributed by atoms with E-state index in [4.69, 9.17) is 5.11 Å². The highest BCUT2D eigenvalue weighted by atomic mass is 19.4. The number of amides is 1. The minimum Gasteiger partial charge on any atom is -0.480 e. The zero-order valence-corrected chi connectivity index (χ0v) is 14.2. The summed E-state index contributed by atoms with van der Waals surface area (Å²) in [5.41, 5.74) is -0.175. The third-order valence-corrected chi connectivity index (χ3v) is 3.74. The number of carbonyl (C=O) groups excluding carboxylic acids is 1. The summed E-state index contributed by atoms with van der Waals surface area (Å²) in [7, 11) is 0. The molecule has 0 aliphatic heterocycles. The van der Waals surface area contributed by atoms with E-state index in [9.17, 15) is 31.5 Å². The topological polar surface area (TPSA) is 84.2 Å². The first kappa shape index (κ1) is 20.6. The Morgan fingerprint density at radius 3 is 2.37 bits per heavy atom. The van der Waals surface area contributed by atoms with Crippen LogP contribution in [-0.2, 0) is 11.0 Å². The number of halogens is 5. The second-order valence-electron chi connectivity index (χ2n) is 6.09. The number of nitrogens with zero attached hydrogens (tertiary/aromatic N) is 2. The number of alkyl halides is 5. The Bertz CT molecular complexity index is 861. The van der Waals surface area contributed by atoms with Crippen LogP contribution in [0.1, 0.15) is 42.5 Å². The lowest BCUT2D eigenvalue weighted by Gasteiger charge is -2.15. The highest BCUT2D eigenvalue weighted by Crippen LogP contribution is 2.33. The number of carboxylic acid groups (broad SMARTS) is 1. The SMILES string of the molecule is CC(C)n1c(C(F)(F)F)nc2cc(C(=O)NC(CC(F)F)C(=O)O)ccc21. The van der Waals surface area contributed by atoms with Gasteiger partial charge in [-0.2, -0.15) is 13.2 Å². The van der Waals surface area contributed by atoms with Crippen molar-refractivity contribution in [1.29, 1.82) is 0 Å². The maximum atomic E-state index is 13.2. The molecule has 1 aromatic heterocycles. The first-order valence-electron chi connectivity index (χ1n) is 7.82. The Morgan fingerprint density at radius 2 is 1.89 bits per heavy atom. The van der Waals surface area contributed by atoms with Crippen molar-refractivity contribution < 1.29 is 36.6 Å². The molecule has 11 heteroatoms. The van der Waals surface area contributed by atoms with E-state index in [-0.39, 0.29) is 16.6 Å². The van der Waals surface area contributed by atoms with Crippen LogP contribution in [0.15, 0.2) is 18.2 Å². The van der Waals surface area contributed by atoms with E-state index in [0.29, 0.717) is 0 Å². The number of aromatic nitrogens is 2. The van der Waals surface area contributed by atoms with Crippen LogP contribution < -0.4 is 5.32 Å². The first-order valence-corrected chi connectivity index (χ1v) is 7.82. The van der Waals surface area contributed by atoms with Crippen LogP contribution in [0.2, 0.25) is 0 Å². The Labute approximate surface area is 150 Å². The average molecular weight is 393 g/mol. The number of nitrogens with one attached hydrogen (secondary N) is 1. The minimum absolute atomic E-state index is 0.121. The molecule has 1 atom stereocenters. The predicted molar refractivity (Wildman–Crippen MR) is 84.6 cm³/mol. The lowest BCUT2D eigenvalue weighted by Crippen LogP contribution is -2.42. The Hall–Kier alpha value is -2.72. The van der Waals surface area contributed by atoms with Crippen molar-refractivity contribution in [2.75, 3.05) is 0 Å². The summed E-state index contributed by atoms with van der Waals surface area (Å²) in [5.74, 6) is -3.78. The number of hydrogen-bond acceptors (Lipinski definition) is 3. The average Bonchev–Trinajstić information content (AvgIpc) is 2.92. The molecule has 2 N–H and O–H groups in total. The van der Waals surface area contributed by atoms with Gasteiger partial charge in [-0.25, -0.2) is 18.6 Å². The largest absolute Gasteiger partial charge is 0.480 e. The van der Waals surface area contributed by atoms with E-state index in [1.54, 1.807) is 13.8 Å². The fraction of sp³-hybridized carbons (Fsp3) is 0.438. The number of hydrogen-bond donors (Lipinski definition) is 2. The van der Waals surface area contributed by atoms with Gasteiger partial charge in [0.15, 0.2) is 0 Å². The summed E-state index contributed by atoms with van der Waals surface area (Å²) < 4.78 is 65.3. The molecule has 0 aliphatic carbocycles. The number of imidazole rings is 1. The van der Waals surface area contributed by atoms with Crippen molar-refractivity contribution >= 4 is 22.9 Å². The predicted octanol–water partition coefficient (Wildman–Crippen LogP) is 3.47. The van der Waals surface area contributed by atoms with Gasteiger partial charge in [0.2, 0.25) is 12.2 Å². The van der Waals surface area contributed by atoms with Crippen LogP contribution in [-0.4, -0.2) is 39.0 Å². The normalized spacial score (nSPS) is 13.4. The molecule has 0 radical (unpaired) electrons. The molecule has 0 spiro atoms. The van der Waals surface area contributed by atoms with Crippen molar-refractivity contribution in [2.24, 2.45) is 0 Å². The van der Waals surface area contributed by atoms with Gasteiger partial charge >= 0.3 is 12.1 Å². The second-order valence-corrected chi connectivity index (χ2v) is 6.09. The maximum absolute atomic E-state index is 13.2. The lowest BCUT2D eigenvalue weighted by molar-refractivity contribution is -0.147. The molecule has 1 amide bonds. The van der Waals surface area contributed by atoms with Gasteiger partial charge in [-0.1, -0.05) is 0 Å². The van der Waals surface area contributed by atoms with E-state index in [0.717, 1.165) is 10.6 Å². The van der Waals surface area contributed by atoms with Crippen molar-refractivity contribution in [2.45, 2.75) is 45.0 Å². The Balaban J connectivity index is 2.41. The number of aliphatic carboxylic acids is 1. The third-order valence-electron chi connectivity index (χ3n) is 3.74. The molecular formula is C16H16F5N3O3. The van der Waals surface area contributed by atoms with E-state index < -0.39 is 48.8 Å². The maximum Gasteiger partial charge on any atom is 0.449 e. The van der Waals surface area contributed by atoms with Crippen LogP contribution in [0.3, 0.4) is 0 Å². The van der Waals surface area contributed by atoms with Crippen molar-refractivity contribution in [1.82, 2.24) is 14.9 Å². The smallest absolute Gasteiger partial charge is 0.449 e. The van der Waals surface area contributed by atoms with Crippen LogP contribution in [0, 0.1) is 0 Å². The van der Waals surface area contributed by atoms with Gasteiger partial charge < -0.3 is 15.0 Å². The molecule has 2 aromatic rings. The van der Waals surface area contributed by atoms with Crippen LogP contribution in [0.5, 0.6) is 0 Å². The summed E-state index contributed by atoms with van der Waals surface area (Å²) in [4.78, 5) is 26.6. The molecule has 0 bridgehead atoms. The summed E-state index contributed by atoms with van der Waals surface area (Å²) in [6, 6.07) is 1.09. The van der Waals surface area contributed by atoms with Gasteiger partial charge in [-0.05, 0) is 32.0 Å². The van der Waals surface area contributed by atoms with Crippen LogP contribution >= 0.6 is 0 Å². The van der Waals surface area contributed by atoms with Gasteiger partial charge in [0.05, 0.1) is 11.0 Å².